The van der Waals surface area contributed by atoms with Crippen molar-refractivity contribution in [1.82, 2.24) is 0 Å². The van der Waals surface area contributed by atoms with Crippen molar-refractivity contribution in [2.75, 3.05) is 19.8 Å². The Hall–Kier alpha value is -0.170. The lowest BCUT2D eigenvalue weighted by Gasteiger charge is -2.42. The second kappa shape index (κ2) is 4.01. The van der Waals surface area contributed by atoms with Crippen molar-refractivity contribution in [3.8, 4) is 0 Å². The first-order valence-corrected chi connectivity index (χ1v) is 6.86. The molecule has 0 radical (unpaired) electrons. The quantitative estimate of drug-likeness (QED) is 0.694. The van der Waals surface area contributed by atoms with Crippen LogP contribution in [0.15, 0.2) is 0 Å². The summed E-state index contributed by atoms with van der Waals surface area (Å²) < 4.78 is 33.6. The summed E-state index contributed by atoms with van der Waals surface area (Å²) in [7, 11) is -3.42. The molecule has 2 aliphatic heterocycles. The van der Waals surface area contributed by atoms with E-state index in [0.29, 0.717) is 32.7 Å². The summed E-state index contributed by atoms with van der Waals surface area (Å²) in [6, 6.07) is 0. The Morgan fingerprint density at radius 1 is 1.20 bits per heavy atom. The minimum Gasteiger partial charge on any atom is -0.381 e. The minimum atomic E-state index is -3.42. The normalized spacial score (nSPS) is 31.7. The van der Waals surface area contributed by atoms with E-state index in [2.05, 4.69) is 0 Å². The molecule has 0 aromatic heterocycles. The van der Waals surface area contributed by atoms with Gasteiger partial charge in [0, 0.05) is 19.8 Å². The van der Waals surface area contributed by atoms with Crippen LogP contribution in [0, 0.1) is 0 Å². The lowest BCUT2D eigenvalue weighted by atomic mass is 9.86. The summed E-state index contributed by atoms with van der Waals surface area (Å²) in [5, 5.41) is 4.75. The molecule has 2 heterocycles. The van der Waals surface area contributed by atoms with Crippen molar-refractivity contribution in [3.05, 3.63) is 0 Å². The van der Waals surface area contributed by atoms with Gasteiger partial charge in [0.2, 0.25) is 10.0 Å². The highest BCUT2D eigenvalue weighted by Gasteiger charge is 2.42. The molecule has 6 heteroatoms. The number of hydrogen-bond acceptors (Lipinski definition) is 4. The summed E-state index contributed by atoms with van der Waals surface area (Å²) in [5.41, 5.74) is -0.298. The maximum atomic E-state index is 11.3. The van der Waals surface area contributed by atoms with Crippen LogP contribution in [0.4, 0.5) is 0 Å². The molecule has 15 heavy (non-hydrogen) atoms. The second-order valence-electron chi connectivity index (χ2n) is 4.35. The lowest BCUT2D eigenvalue weighted by molar-refractivity contribution is -0.132. The molecule has 0 aliphatic carbocycles. The Morgan fingerprint density at radius 2 is 1.87 bits per heavy atom. The smallest absolute Gasteiger partial charge is 0.212 e. The van der Waals surface area contributed by atoms with Crippen LogP contribution < -0.4 is 5.14 Å². The van der Waals surface area contributed by atoms with Gasteiger partial charge in [-0.15, -0.1) is 0 Å². The largest absolute Gasteiger partial charge is 0.381 e. The molecule has 0 bridgehead atoms. The Labute approximate surface area is 90.0 Å². The van der Waals surface area contributed by atoms with Gasteiger partial charge in [0.25, 0.3) is 0 Å². The molecule has 2 aliphatic rings. The van der Waals surface area contributed by atoms with E-state index in [-0.39, 0.29) is 5.60 Å². The minimum absolute atomic E-state index is 0.298. The van der Waals surface area contributed by atoms with Crippen molar-refractivity contribution in [3.63, 3.8) is 0 Å². The molecule has 2 fully saturated rings. The molecular formula is C9H17NO4S. The van der Waals surface area contributed by atoms with Crippen molar-refractivity contribution in [2.45, 2.75) is 36.5 Å². The van der Waals surface area contributed by atoms with Crippen LogP contribution >= 0.6 is 0 Å². The highest BCUT2D eigenvalue weighted by Crippen LogP contribution is 2.35. The Balaban J connectivity index is 2.09. The summed E-state index contributed by atoms with van der Waals surface area (Å²) >= 11 is 0. The van der Waals surface area contributed by atoms with Gasteiger partial charge in [-0.05, 0) is 25.7 Å². The molecule has 0 saturated carbocycles. The highest BCUT2D eigenvalue weighted by atomic mass is 32.2. The van der Waals surface area contributed by atoms with Gasteiger partial charge in [-0.1, -0.05) is 0 Å². The number of hydrogen-bond donors (Lipinski definition) is 1. The first-order valence-electron chi connectivity index (χ1n) is 5.25. The maximum absolute atomic E-state index is 11.3. The molecule has 2 saturated heterocycles. The van der Waals surface area contributed by atoms with Crippen LogP contribution in [0.2, 0.25) is 0 Å². The number of sulfonamides is 1. The zero-order chi connectivity index (χ0) is 10.9. The predicted octanol–water partition coefficient (Wildman–Crippen LogP) is 0.00310. The lowest BCUT2D eigenvalue weighted by Crippen LogP contribution is -2.49. The third-order valence-electron chi connectivity index (χ3n) is 3.32. The molecule has 1 unspecified atom stereocenters. The monoisotopic (exact) mass is 235 g/mol. The average molecular weight is 235 g/mol. The second-order valence-corrected chi connectivity index (χ2v) is 6.19. The molecule has 88 valence electrons. The van der Waals surface area contributed by atoms with E-state index in [1.165, 1.54) is 0 Å². The summed E-state index contributed by atoms with van der Waals surface area (Å²) in [6.45, 7) is 1.79. The van der Waals surface area contributed by atoms with Gasteiger partial charge in [-0.25, -0.2) is 13.6 Å². The first kappa shape index (κ1) is 11.3. The Bertz CT molecular complexity index is 315. The Kier molecular flexibility index (Phi) is 3.03. The van der Waals surface area contributed by atoms with Gasteiger partial charge >= 0.3 is 0 Å². The van der Waals surface area contributed by atoms with E-state index in [4.69, 9.17) is 14.6 Å². The van der Waals surface area contributed by atoms with E-state index in [9.17, 15) is 8.42 Å². The van der Waals surface area contributed by atoms with E-state index >= 15 is 0 Å². The van der Waals surface area contributed by atoms with Crippen molar-refractivity contribution < 1.29 is 17.9 Å². The molecule has 1 atom stereocenters. The van der Waals surface area contributed by atoms with E-state index in [1.54, 1.807) is 0 Å². The average Bonchev–Trinajstić information content (AvgIpc) is 2.18. The third kappa shape index (κ3) is 2.50. The van der Waals surface area contributed by atoms with E-state index < -0.39 is 15.3 Å². The molecular weight excluding hydrogens is 218 g/mol. The fourth-order valence-electron chi connectivity index (χ4n) is 2.36. The van der Waals surface area contributed by atoms with Crippen molar-refractivity contribution >= 4 is 10.0 Å². The first-order chi connectivity index (χ1) is 7.02. The van der Waals surface area contributed by atoms with Gasteiger partial charge in [-0.2, -0.15) is 0 Å². The summed E-state index contributed by atoms with van der Waals surface area (Å²) in [4.78, 5) is 0. The number of nitrogens with two attached hydrogens (primary N) is 1. The molecule has 1 spiro atoms. The fraction of sp³-hybridized carbons (Fsp3) is 1.00. The molecule has 5 nitrogen and oxygen atoms in total. The van der Waals surface area contributed by atoms with Gasteiger partial charge in [0.1, 0.15) is 0 Å². The molecule has 0 aromatic carbocycles. The predicted molar refractivity (Wildman–Crippen MR) is 54.9 cm³/mol. The summed E-state index contributed by atoms with van der Waals surface area (Å²) in [6.07, 6.45) is 2.59. The highest BCUT2D eigenvalue weighted by molar-refractivity contribution is 7.89. The zero-order valence-electron chi connectivity index (χ0n) is 8.65. The van der Waals surface area contributed by atoms with Crippen LogP contribution in [-0.2, 0) is 19.5 Å². The van der Waals surface area contributed by atoms with Gasteiger partial charge in [0.05, 0.1) is 10.9 Å². The van der Waals surface area contributed by atoms with E-state index in [1.807, 2.05) is 0 Å². The van der Waals surface area contributed by atoms with E-state index in [0.717, 1.165) is 12.8 Å². The van der Waals surface area contributed by atoms with Gasteiger partial charge < -0.3 is 9.47 Å². The topological polar surface area (TPSA) is 78.6 Å². The number of primary sulfonamides is 1. The molecule has 2 N–H and O–H groups in total. The maximum Gasteiger partial charge on any atom is 0.212 e. The van der Waals surface area contributed by atoms with Crippen LogP contribution in [0.25, 0.3) is 0 Å². The van der Waals surface area contributed by atoms with Gasteiger partial charge in [0.15, 0.2) is 0 Å². The van der Waals surface area contributed by atoms with Gasteiger partial charge in [-0.3, -0.25) is 0 Å². The van der Waals surface area contributed by atoms with Crippen molar-refractivity contribution in [1.29, 1.82) is 0 Å². The Morgan fingerprint density at radius 3 is 2.47 bits per heavy atom. The molecule has 0 amide bonds. The van der Waals surface area contributed by atoms with Crippen LogP contribution in [0.3, 0.4) is 0 Å². The fourth-order valence-corrected chi connectivity index (χ4v) is 3.32. The van der Waals surface area contributed by atoms with Crippen LogP contribution in [0.1, 0.15) is 25.7 Å². The summed E-state index contributed by atoms with van der Waals surface area (Å²) in [5.74, 6) is 0. The molecule has 2 rings (SSSR count). The SMILES string of the molecule is NS(=O)(=O)C1CCOC2(CCOCC2)C1. The van der Waals surface area contributed by atoms with Crippen LogP contribution in [-0.4, -0.2) is 39.1 Å². The van der Waals surface area contributed by atoms with Crippen LogP contribution in [0.5, 0.6) is 0 Å². The zero-order valence-corrected chi connectivity index (χ0v) is 9.46. The number of rotatable bonds is 1. The third-order valence-corrected chi connectivity index (χ3v) is 4.65. The van der Waals surface area contributed by atoms with Crippen molar-refractivity contribution in [2.24, 2.45) is 5.14 Å². The standard InChI is InChI=1S/C9H17NO4S/c10-15(11,12)8-1-4-14-9(7-8)2-5-13-6-3-9/h8H,1-7H2,(H2,10,11,12). The molecule has 0 aromatic rings. The number of ether oxygens (including phenoxy) is 2.